The molecule has 1 unspecified atom stereocenters. The van der Waals surface area contributed by atoms with Gasteiger partial charge in [0.15, 0.2) is 0 Å². The van der Waals surface area contributed by atoms with E-state index in [1.54, 1.807) is 6.92 Å². The van der Waals surface area contributed by atoms with E-state index in [0.29, 0.717) is 0 Å². The van der Waals surface area contributed by atoms with Crippen molar-refractivity contribution >= 4 is 7.68 Å². The van der Waals surface area contributed by atoms with Gasteiger partial charge in [0, 0.05) is 6.66 Å². The zero-order valence-electron chi connectivity index (χ0n) is 7.72. The van der Waals surface area contributed by atoms with Crippen LogP contribution >= 0.6 is 7.68 Å². The molecule has 4 heteroatoms. The van der Waals surface area contributed by atoms with Crippen LogP contribution in [0.25, 0.3) is 0 Å². The van der Waals surface area contributed by atoms with Crippen LogP contribution in [-0.2, 0) is 9.09 Å². The fourth-order valence-electron chi connectivity index (χ4n) is 0.441. The van der Waals surface area contributed by atoms with Crippen molar-refractivity contribution in [2.75, 3.05) is 6.66 Å². The summed E-state index contributed by atoms with van der Waals surface area (Å²) in [5.41, 5.74) is -0.169. The van der Waals surface area contributed by atoms with Crippen LogP contribution in [0.5, 0.6) is 0 Å². The first kappa shape index (κ1) is 11.1. The van der Waals surface area contributed by atoms with Crippen LogP contribution in [0.3, 0.4) is 0 Å². The van der Waals surface area contributed by atoms with E-state index in [2.05, 4.69) is 0 Å². The molecule has 2 nitrogen and oxygen atoms in total. The highest BCUT2D eigenvalue weighted by molar-refractivity contribution is 7.52. The minimum atomic E-state index is -3.82. The molecule has 0 aromatic heterocycles. The topological polar surface area (TPSA) is 26.3 Å². The van der Waals surface area contributed by atoms with E-state index < -0.39 is 7.68 Å². The van der Waals surface area contributed by atoms with Gasteiger partial charge in [-0.05, 0) is 12.3 Å². The summed E-state index contributed by atoms with van der Waals surface area (Å²) in [6.45, 7) is 8.43. The molecule has 0 aromatic carbocycles. The highest BCUT2D eigenvalue weighted by Gasteiger charge is 2.27. The van der Waals surface area contributed by atoms with E-state index >= 15 is 0 Å². The van der Waals surface area contributed by atoms with Crippen LogP contribution in [0, 0.1) is 5.41 Å². The molecule has 11 heavy (non-hydrogen) atoms. The van der Waals surface area contributed by atoms with Crippen molar-refractivity contribution in [3.05, 3.63) is 0 Å². The predicted molar refractivity (Wildman–Crippen MR) is 44.6 cm³/mol. The molecule has 0 N–H and O–H groups in total. The van der Waals surface area contributed by atoms with Crippen LogP contribution in [0.15, 0.2) is 0 Å². The van der Waals surface area contributed by atoms with Gasteiger partial charge in [-0.2, -0.15) is 4.20 Å². The normalized spacial score (nSPS) is 20.9. The smallest absolute Gasteiger partial charge is 0.302 e. The van der Waals surface area contributed by atoms with Gasteiger partial charge in [-0.1, -0.05) is 20.8 Å². The lowest BCUT2D eigenvalue weighted by Crippen LogP contribution is -2.24. The average molecular weight is 182 g/mol. The first-order valence-corrected chi connectivity index (χ1v) is 5.55. The molecule has 0 saturated heterocycles. The first-order valence-electron chi connectivity index (χ1n) is 3.58. The second-order valence-corrected chi connectivity index (χ2v) is 5.56. The van der Waals surface area contributed by atoms with Crippen molar-refractivity contribution in [2.45, 2.75) is 33.8 Å². The maximum Gasteiger partial charge on any atom is 0.364 e. The van der Waals surface area contributed by atoms with E-state index in [9.17, 15) is 8.76 Å². The van der Waals surface area contributed by atoms with E-state index in [4.69, 9.17) is 4.52 Å². The van der Waals surface area contributed by atoms with Gasteiger partial charge < -0.3 is 4.52 Å². The van der Waals surface area contributed by atoms with Crippen LogP contribution in [-0.4, -0.2) is 12.8 Å². The van der Waals surface area contributed by atoms with E-state index in [1.807, 2.05) is 20.8 Å². The lowest BCUT2D eigenvalue weighted by atomic mass is 9.91. The lowest BCUT2D eigenvalue weighted by Gasteiger charge is -2.27. The second-order valence-electron chi connectivity index (χ2n) is 3.86. The highest BCUT2D eigenvalue weighted by atomic mass is 31.2. The van der Waals surface area contributed by atoms with E-state index in [1.165, 1.54) is 0 Å². The summed E-state index contributed by atoms with van der Waals surface area (Å²) in [4.78, 5) is 0. The van der Waals surface area contributed by atoms with Gasteiger partial charge >= 0.3 is 7.68 Å². The fourth-order valence-corrected chi connectivity index (χ4v) is 1.32. The van der Waals surface area contributed by atoms with Crippen molar-refractivity contribution in [3.63, 3.8) is 0 Å². The molecular weight excluding hydrogens is 166 g/mol. The Morgan fingerprint density at radius 1 is 1.45 bits per heavy atom. The fraction of sp³-hybridized carbons (Fsp3) is 1.00. The maximum absolute atomic E-state index is 12.5. The number of rotatable bonds is 2. The Kier molecular flexibility index (Phi) is 3.27. The third-order valence-corrected chi connectivity index (χ3v) is 2.26. The van der Waals surface area contributed by atoms with Crippen LogP contribution < -0.4 is 0 Å². The van der Waals surface area contributed by atoms with Gasteiger partial charge in [0.05, 0.1) is 6.10 Å². The number of hydrogen-bond acceptors (Lipinski definition) is 2. The number of hydrogen-bond donors (Lipinski definition) is 0. The van der Waals surface area contributed by atoms with Crippen LogP contribution in [0.1, 0.15) is 27.7 Å². The Morgan fingerprint density at radius 2 is 1.82 bits per heavy atom. The first-order chi connectivity index (χ1) is 4.63. The van der Waals surface area contributed by atoms with Crippen LogP contribution in [0.2, 0.25) is 0 Å². The highest BCUT2D eigenvalue weighted by Crippen LogP contribution is 2.47. The predicted octanol–water partition coefficient (Wildman–Crippen LogP) is 3.23. The lowest BCUT2D eigenvalue weighted by molar-refractivity contribution is 0.0989. The minimum absolute atomic E-state index is 0.169. The molecule has 0 aliphatic heterocycles. The zero-order valence-corrected chi connectivity index (χ0v) is 8.61. The standard InChI is InChI=1S/C7H16FO2P/c1-6(7(2,3)4)10-11(5,8)9/h6H,1-5H3/t6?,11-/m0/s1. The van der Waals surface area contributed by atoms with Gasteiger partial charge in [-0.15, -0.1) is 0 Å². The molecule has 0 spiro atoms. The molecular formula is C7H16FO2P. The summed E-state index contributed by atoms with van der Waals surface area (Å²) >= 11 is 0. The molecule has 0 amide bonds. The van der Waals surface area contributed by atoms with Gasteiger partial charge in [-0.3, -0.25) is 4.57 Å². The minimum Gasteiger partial charge on any atom is -0.302 e. The van der Waals surface area contributed by atoms with Crippen molar-refractivity contribution < 1.29 is 13.3 Å². The maximum atomic E-state index is 12.5. The van der Waals surface area contributed by atoms with Gasteiger partial charge in [-0.25, -0.2) is 0 Å². The third-order valence-electron chi connectivity index (χ3n) is 1.57. The van der Waals surface area contributed by atoms with Gasteiger partial charge in [0.2, 0.25) is 0 Å². The molecule has 0 radical (unpaired) electrons. The van der Waals surface area contributed by atoms with Crippen molar-refractivity contribution in [2.24, 2.45) is 5.41 Å². The third kappa shape index (κ3) is 5.40. The summed E-state index contributed by atoms with van der Waals surface area (Å²) in [5.74, 6) is 0. The van der Waals surface area contributed by atoms with E-state index in [-0.39, 0.29) is 11.5 Å². The van der Waals surface area contributed by atoms with Crippen molar-refractivity contribution in [1.29, 1.82) is 0 Å². The Balaban J connectivity index is 4.10. The summed E-state index contributed by atoms with van der Waals surface area (Å²) in [6.07, 6.45) is -0.330. The molecule has 2 atom stereocenters. The molecule has 0 aliphatic carbocycles. The van der Waals surface area contributed by atoms with Gasteiger partial charge in [0.1, 0.15) is 0 Å². The molecule has 0 saturated carbocycles. The molecule has 0 aliphatic rings. The SMILES string of the molecule is CC(O[P@](C)(=O)F)C(C)(C)C. The van der Waals surface area contributed by atoms with E-state index in [0.717, 1.165) is 6.66 Å². The molecule has 0 heterocycles. The average Bonchev–Trinajstić information content (AvgIpc) is 1.56. The molecule has 0 bridgehead atoms. The Morgan fingerprint density at radius 3 is 1.91 bits per heavy atom. The molecule has 0 fully saturated rings. The number of halogens is 1. The summed E-state index contributed by atoms with van der Waals surface area (Å²) in [7, 11) is -3.82. The van der Waals surface area contributed by atoms with Crippen molar-refractivity contribution in [1.82, 2.24) is 0 Å². The van der Waals surface area contributed by atoms with Crippen LogP contribution in [0.4, 0.5) is 4.20 Å². The van der Waals surface area contributed by atoms with Crippen molar-refractivity contribution in [3.8, 4) is 0 Å². The molecule has 0 aromatic rings. The quantitative estimate of drug-likeness (QED) is 0.613. The molecule has 0 rings (SSSR count). The van der Waals surface area contributed by atoms with Gasteiger partial charge in [0.25, 0.3) is 0 Å². The molecule has 68 valence electrons. The summed E-state index contributed by atoms with van der Waals surface area (Å²) in [5, 5.41) is 0. The monoisotopic (exact) mass is 182 g/mol. The zero-order chi connectivity index (χ0) is 9.28. The summed E-state index contributed by atoms with van der Waals surface area (Å²) in [6, 6.07) is 0. The Labute approximate surface area is 67.7 Å². The second kappa shape index (κ2) is 3.24. The summed E-state index contributed by atoms with van der Waals surface area (Å²) < 4.78 is 27.8. The Hall–Kier alpha value is 0.120. The largest absolute Gasteiger partial charge is 0.364 e. The Bertz CT molecular complexity index is 168.